The van der Waals surface area contributed by atoms with Crippen LogP contribution >= 0.6 is 0 Å². The molecule has 0 radical (unpaired) electrons. The summed E-state index contributed by atoms with van der Waals surface area (Å²) in [6.45, 7) is 6.02. The summed E-state index contributed by atoms with van der Waals surface area (Å²) < 4.78 is 5.41. The maximum Gasteiger partial charge on any atom is 0.123 e. The molecule has 0 spiro atoms. The van der Waals surface area contributed by atoms with Crippen molar-refractivity contribution < 1.29 is 4.74 Å². The Hall–Kier alpha value is -1.87. The second kappa shape index (κ2) is 5.41. The molecule has 3 heteroatoms. The minimum Gasteiger partial charge on any atom is -0.496 e. The van der Waals surface area contributed by atoms with Crippen LogP contribution < -0.4 is 10.5 Å². The Morgan fingerprint density at radius 1 is 1.05 bits per heavy atom. The predicted octanol–water partition coefficient (Wildman–Crippen LogP) is 3.06. The second-order valence-electron chi connectivity index (χ2n) is 4.85. The molecular weight excluding hydrogens is 236 g/mol. The van der Waals surface area contributed by atoms with Gasteiger partial charge in [-0.15, -0.1) is 0 Å². The highest BCUT2D eigenvalue weighted by molar-refractivity contribution is 5.44. The first-order chi connectivity index (χ1) is 9.02. The highest BCUT2D eigenvalue weighted by Crippen LogP contribution is 2.30. The van der Waals surface area contributed by atoms with Gasteiger partial charge in [0, 0.05) is 17.0 Å². The van der Waals surface area contributed by atoms with Crippen LogP contribution in [0, 0.1) is 20.8 Å². The molecule has 1 atom stereocenters. The largest absolute Gasteiger partial charge is 0.496 e. The van der Waals surface area contributed by atoms with Gasteiger partial charge in [-0.3, -0.25) is 4.98 Å². The number of pyridine rings is 1. The molecule has 0 bridgehead atoms. The van der Waals surface area contributed by atoms with Crippen LogP contribution in [0.4, 0.5) is 0 Å². The fraction of sp³-hybridized carbons (Fsp3) is 0.312. The molecule has 1 unspecified atom stereocenters. The van der Waals surface area contributed by atoms with Crippen molar-refractivity contribution in [1.82, 2.24) is 4.98 Å². The number of nitrogens with zero attached hydrogens (tertiary/aromatic N) is 1. The first-order valence-corrected chi connectivity index (χ1v) is 6.37. The molecule has 0 aliphatic rings. The number of hydrogen-bond acceptors (Lipinski definition) is 3. The van der Waals surface area contributed by atoms with Crippen molar-refractivity contribution in [3.05, 3.63) is 58.4 Å². The molecule has 1 aromatic carbocycles. The first-order valence-electron chi connectivity index (χ1n) is 6.37. The first kappa shape index (κ1) is 13.6. The van der Waals surface area contributed by atoms with Crippen molar-refractivity contribution in [2.24, 2.45) is 5.73 Å². The third-order valence-electron chi connectivity index (χ3n) is 3.32. The van der Waals surface area contributed by atoms with Gasteiger partial charge in [0.1, 0.15) is 5.75 Å². The molecule has 2 rings (SSSR count). The number of aryl methyl sites for hydroxylation is 3. The van der Waals surface area contributed by atoms with E-state index in [4.69, 9.17) is 10.5 Å². The molecule has 0 amide bonds. The molecule has 1 heterocycles. The summed E-state index contributed by atoms with van der Waals surface area (Å²) in [5.74, 6) is 0.818. The van der Waals surface area contributed by atoms with E-state index in [2.05, 4.69) is 18.0 Å². The summed E-state index contributed by atoms with van der Waals surface area (Å²) in [7, 11) is 1.67. The predicted molar refractivity (Wildman–Crippen MR) is 77.5 cm³/mol. The number of aromatic nitrogens is 1. The van der Waals surface area contributed by atoms with E-state index in [9.17, 15) is 0 Å². The van der Waals surface area contributed by atoms with Crippen LogP contribution in [0.25, 0.3) is 0 Å². The van der Waals surface area contributed by atoms with Gasteiger partial charge in [-0.1, -0.05) is 23.8 Å². The summed E-state index contributed by atoms with van der Waals surface area (Å²) >= 11 is 0. The molecule has 0 aliphatic heterocycles. The maximum absolute atomic E-state index is 6.39. The quantitative estimate of drug-likeness (QED) is 0.918. The number of methoxy groups -OCH3 is 1. The van der Waals surface area contributed by atoms with E-state index in [0.717, 1.165) is 28.3 Å². The topological polar surface area (TPSA) is 48.1 Å². The fourth-order valence-corrected chi connectivity index (χ4v) is 2.29. The van der Waals surface area contributed by atoms with E-state index < -0.39 is 0 Å². The summed E-state index contributed by atoms with van der Waals surface area (Å²) in [6, 6.07) is 9.87. The molecule has 1 aromatic heterocycles. The van der Waals surface area contributed by atoms with Crippen molar-refractivity contribution in [2.75, 3.05) is 7.11 Å². The van der Waals surface area contributed by atoms with Crippen LogP contribution in [-0.4, -0.2) is 12.1 Å². The third kappa shape index (κ3) is 2.76. The normalized spacial score (nSPS) is 12.3. The molecule has 2 N–H and O–H groups in total. The minimum absolute atomic E-state index is 0.219. The molecule has 2 aromatic rings. The van der Waals surface area contributed by atoms with E-state index in [1.165, 1.54) is 5.56 Å². The van der Waals surface area contributed by atoms with Gasteiger partial charge in [0.15, 0.2) is 0 Å². The zero-order chi connectivity index (χ0) is 14.0. The van der Waals surface area contributed by atoms with Crippen LogP contribution in [-0.2, 0) is 0 Å². The van der Waals surface area contributed by atoms with Gasteiger partial charge in [-0.05, 0) is 38.5 Å². The lowest BCUT2D eigenvalue weighted by molar-refractivity contribution is 0.407. The zero-order valence-corrected chi connectivity index (χ0v) is 11.9. The standard InChI is InChI=1S/C16H20N2O/c1-10-5-8-15(19-4)14(9-10)16(17)13-7-6-11(2)18-12(13)3/h5-9,16H,17H2,1-4H3. The highest BCUT2D eigenvalue weighted by atomic mass is 16.5. The van der Waals surface area contributed by atoms with Gasteiger partial charge in [0.2, 0.25) is 0 Å². The van der Waals surface area contributed by atoms with Gasteiger partial charge in [0.05, 0.1) is 13.2 Å². The molecule has 0 aliphatic carbocycles. The van der Waals surface area contributed by atoms with Gasteiger partial charge in [-0.25, -0.2) is 0 Å². The number of benzene rings is 1. The van der Waals surface area contributed by atoms with Gasteiger partial charge in [-0.2, -0.15) is 0 Å². The van der Waals surface area contributed by atoms with Crippen molar-refractivity contribution in [1.29, 1.82) is 0 Å². The Bertz CT molecular complexity index is 593. The summed E-state index contributed by atoms with van der Waals surface area (Å²) in [6.07, 6.45) is 0. The average molecular weight is 256 g/mol. The van der Waals surface area contributed by atoms with Crippen LogP contribution in [0.2, 0.25) is 0 Å². The Balaban J connectivity index is 2.49. The molecule has 0 saturated heterocycles. The van der Waals surface area contributed by atoms with E-state index in [1.807, 2.05) is 38.1 Å². The van der Waals surface area contributed by atoms with Crippen LogP contribution in [0.5, 0.6) is 5.75 Å². The maximum atomic E-state index is 6.39. The molecule has 3 nitrogen and oxygen atoms in total. The van der Waals surface area contributed by atoms with Gasteiger partial charge >= 0.3 is 0 Å². The Kier molecular flexibility index (Phi) is 3.86. The monoisotopic (exact) mass is 256 g/mol. The van der Waals surface area contributed by atoms with E-state index >= 15 is 0 Å². The number of hydrogen-bond donors (Lipinski definition) is 1. The summed E-state index contributed by atoms with van der Waals surface area (Å²) in [4.78, 5) is 4.48. The molecule has 100 valence electrons. The number of nitrogens with two attached hydrogens (primary N) is 1. The molecule has 0 fully saturated rings. The van der Waals surface area contributed by atoms with Crippen molar-refractivity contribution in [3.8, 4) is 5.75 Å². The van der Waals surface area contributed by atoms with Crippen LogP contribution in [0.3, 0.4) is 0 Å². The van der Waals surface area contributed by atoms with E-state index in [-0.39, 0.29) is 6.04 Å². The lowest BCUT2D eigenvalue weighted by Gasteiger charge is -2.18. The molecular formula is C16H20N2O. The fourth-order valence-electron chi connectivity index (χ4n) is 2.29. The van der Waals surface area contributed by atoms with Gasteiger partial charge < -0.3 is 10.5 Å². The Morgan fingerprint density at radius 3 is 2.42 bits per heavy atom. The van der Waals surface area contributed by atoms with Gasteiger partial charge in [0.25, 0.3) is 0 Å². The number of rotatable bonds is 3. The Labute approximate surface area is 114 Å². The SMILES string of the molecule is COc1ccc(C)cc1C(N)c1ccc(C)nc1C. The van der Waals surface area contributed by atoms with Crippen LogP contribution in [0.15, 0.2) is 30.3 Å². The van der Waals surface area contributed by atoms with Crippen molar-refractivity contribution >= 4 is 0 Å². The summed E-state index contributed by atoms with van der Waals surface area (Å²) in [5, 5.41) is 0. The smallest absolute Gasteiger partial charge is 0.123 e. The third-order valence-corrected chi connectivity index (χ3v) is 3.32. The van der Waals surface area contributed by atoms with E-state index in [0.29, 0.717) is 0 Å². The lowest BCUT2D eigenvalue weighted by Crippen LogP contribution is -2.15. The highest BCUT2D eigenvalue weighted by Gasteiger charge is 2.16. The van der Waals surface area contributed by atoms with Crippen molar-refractivity contribution in [3.63, 3.8) is 0 Å². The second-order valence-corrected chi connectivity index (χ2v) is 4.85. The minimum atomic E-state index is -0.219. The Morgan fingerprint density at radius 2 is 1.79 bits per heavy atom. The number of ether oxygens (including phenoxy) is 1. The van der Waals surface area contributed by atoms with Crippen LogP contribution in [0.1, 0.15) is 34.1 Å². The average Bonchev–Trinajstić information content (AvgIpc) is 2.38. The summed E-state index contributed by atoms with van der Waals surface area (Å²) in [5.41, 5.74) is 11.6. The zero-order valence-electron chi connectivity index (χ0n) is 11.9. The van der Waals surface area contributed by atoms with E-state index in [1.54, 1.807) is 7.11 Å². The lowest BCUT2D eigenvalue weighted by atomic mass is 9.96. The molecule has 19 heavy (non-hydrogen) atoms. The van der Waals surface area contributed by atoms with Crippen molar-refractivity contribution in [2.45, 2.75) is 26.8 Å². The molecule has 0 saturated carbocycles.